The van der Waals surface area contributed by atoms with E-state index < -0.39 is 6.09 Å². The second-order valence-corrected chi connectivity index (χ2v) is 3.08. The minimum Gasteiger partial charge on any atom is -0.448 e. The van der Waals surface area contributed by atoms with Crippen LogP contribution in [-0.4, -0.2) is 12.7 Å². The normalized spacial score (nSPS) is 17.5. The average Bonchev–Trinajstić information content (AvgIpc) is 1.82. The summed E-state index contributed by atoms with van der Waals surface area (Å²) >= 11 is 0. The number of hydrogen-bond acceptors (Lipinski definition) is 2. The second kappa shape index (κ2) is 4.21. The van der Waals surface area contributed by atoms with Gasteiger partial charge in [-0.2, -0.15) is 0 Å². The minimum absolute atomic E-state index is 0.429. The van der Waals surface area contributed by atoms with E-state index in [2.05, 4.69) is 4.74 Å². The van der Waals surface area contributed by atoms with Gasteiger partial charge in [0, 0.05) is 0 Å². The number of hydrogen-bond donors (Lipinski definition) is 0. The zero-order chi connectivity index (χ0) is 8.10. The van der Waals surface area contributed by atoms with Crippen molar-refractivity contribution in [3.8, 4) is 0 Å². The van der Waals surface area contributed by atoms with Gasteiger partial charge in [-0.1, -0.05) is 19.3 Å². The summed E-state index contributed by atoms with van der Waals surface area (Å²) in [5.41, 5.74) is 6.46. The van der Waals surface area contributed by atoms with Crippen LogP contribution in [0.25, 0.3) is 0 Å². The van der Waals surface area contributed by atoms with E-state index in [1.54, 1.807) is 0 Å². The first kappa shape index (κ1) is 8.37. The summed E-state index contributed by atoms with van der Waals surface area (Å²) in [5, 5.41) is 0. The third-order valence-electron chi connectivity index (χ3n) is 2.21. The molecule has 0 aliphatic heterocycles. The van der Waals surface area contributed by atoms with Gasteiger partial charge in [0.25, 0.3) is 0 Å². The van der Waals surface area contributed by atoms with Crippen LogP contribution in [0.1, 0.15) is 32.1 Å². The van der Waals surface area contributed by atoms with E-state index in [1.165, 1.54) is 19.3 Å². The van der Waals surface area contributed by atoms with Crippen molar-refractivity contribution >= 4 is 6.09 Å². The molecule has 11 heavy (non-hydrogen) atoms. The molecule has 3 nitrogen and oxygen atoms in total. The lowest BCUT2D eigenvalue weighted by Gasteiger charge is -2.24. The topological polar surface area (TPSA) is 50.1 Å². The van der Waals surface area contributed by atoms with Crippen LogP contribution < -0.4 is 5.73 Å². The molecule has 1 N–H and O–H groups in total. The van der Waals surface area contributed by atoms with Gasteiger partial charge in [-0.3, -0.25) is 0 Å². The van der Waals surface area contributed by atoms with Gasteiger partial charge in [0.05, 0.1) is 6.61 Å². The predicted molar refractivity (Wildman–Crippen MR) is 41.0 cm³/mol. The van der Waals surface area contributed by atoms with Gasteiger partial charge in [-0.15, -0.1) is 0 Å². The Morgan fingerprint density at radius 2 is 2.27 bits per heavy atom. The lowest BCUT2D eigenvalue weighted by molar-refractivity contribution is 0.147. The molecule has 63 valence electrons. The first-order valence-electron chi connectivity index (χ1n) is 4.17. The van der Waals surface area contributed by atoms with E-state index in [-0.39, 0.29) is 0 Å². The van der Waals surface area contributed by atoms with E-state index in [4.69, 9.17) is 5.73 Å². The van der Waals surface area contributed by atoms with Crippen molar-refractivity contribution in [3.63, 3.8) is 0 Å². The summed E-state index contributed by atoms with van der Waals surface area (Å²) < 4.78 is 4.49. The Kier molecular flexibility index (Phi) is 3.20. The van der Waals surface area contributed by atoms with Gasteiger partial charge in [0.2, 0.25) is 0 Å². The third-order valence-corrected chi connectivity index (χ3v) is 2.21. The van der Waals surface area contributed by atoms with E-state index in [0.29, 0.717) is 6.61 Å². The van der Waals surface area contributed by atoms with Crippen molar-refractivity contribution in [1.82, 2.24) is 5.73 Å². The fourth-order valence-electron chi connectivity index (χ4n) is 1.32. The average molecular weight is 156 g/mol. The molecule has 1 rings (SSSR count). The molecule has 0 atom stereocenters. The first-order chi connectivity index (χ1) is 5.29. The fraction of sp³-hybridized carbons (Fsp3) is 0.875. The van der Waals surface area contributed by atoms with E-state index in [0.717, 1.165) is 18.8 Å². The summed E-state index contributed by atoms with van der Waals surface area (Å²) in [4.78, 5) is 10.0. The Bertz CT molecular complexity index is 132. The molecule has 0 bridgehead atoms. The molecule has 0 saturated heterocycles. The van der Waals surface area contributed by atoms with Crippen LogP contribution >= 0.6 is 0 Å². The standard InChI is InChI=1S/C8H14NO2/c9-8(10)11-6-2-5-7-3-1-4-7/h7,9H,1-6H2. The Labute approximate surface area is 66.9 Å². The van der Waals surface area contributed by atoms with Crippen molar-refractivity contribution in [2.45, 2.75) is 32.1 Å². The van der Waals surface area contributed by atoms with E-state index in [1.807, 2.05) is 0 Å². The zero-order valence-corrected chi connectivity index (χ0v) is 6.64. The molecule has 3 heteroatoms. The number of carbonyl (C=O) groups is 1. The number of amides is 1. The Morgan fingerprint density at radius 1 is 1.55 bits per heavy atom. The molecule has 0 spiro atoms. The van der Waals surface area contributed by atoms with Crippen molar-refractivity contribution in [2.24, 2.45) is 5.92 Å². The zero-order valence-electron chi connectivity index (χ0n) is 6.64. The molecule has 1 aliphatic rings. The SMILES string of the molecule is [NH]C(=O)OCCCC1CCC1. The molecule has 1 saturated carbocycles. The van der Waals surface area contributed by atoms with Crippen LogP contribution in [0.2, 0.25) is 0 Å². The highest BCUT2D eigenvalue weighted by molar-refractivity contribution is 5.63. The third kappa shape index (κ3) is 3.25. The lowest BCUT2D eigenvalue weighted by atomic mass is 9.82. The monoisotopic (exact) mass is 156 g/mol. The van der Waals surface area contributed by atoms with Crippen LogP contribution in [0.4, 0.5) is 4.79 Å². The number of ether oxygens (including phenoxy) is 1. The molecule has 1 amide bonds. The van der Waals surface area contributed by atoms with E-state index >= 15 is 0 Å². The van der Waals surface area contributed by atoms with Crippen molar-refractivity contribution in [1.29, 1.82) is 0 Å². The molecule has 0 heterocycles. The van der Waals surface area contributed by atoms with Gasteiger partial charge in [0.1, 0.15) is 0 Å². The largest absolute Gasteiger partial charge is 0.448 e. The summed E-state index contributed by atoms with van der Waals surface area (Å²) in [6.45, 7) is 0.429. The van der Waals surface area contributed by atoms with Crippen LogP contribution in [0, 0.1) is 5.92 Å². The van der Waals surface area contributed by atoms with Crippen LogP contribution in [-0.2, 0) is 4.74 Å². The van der Waals surface area contributed by atoms with Crippen molar-refractivity contribution in [3.05, 3.63) is 0 Å². The molecule has 0 aromatic heterocycles. The number of carbonyl (C=O) groups excluding carboxylic acids is 1. The molecule has 0 aromatic carbocycles. The molecule has 1 fully saturated rings. The Hall–Kier alpha value is -0.730. The fourth-order valence-corrected chi connectivity index (χ4v) is 1.32. The second-order valence-electron chi connectivity index (χ2n) is 3.08. The first-order valence-corrected chi connectivity index (χ1v) is 4.17. The summed E-state index contributed by atoms with van der Waals surface area (Å²) in [5.74, 6) is 0.874. The summed E-state index contributed by atoms with van der Waals surface area (Å²) in [6, 6.07) is 0. The minimum atomic E-state index is -0.904. The van der Waals surface area contributed by atoms with Crippen molar-refractivity contribution < 1.29 is 9.53 Å². The molecular weight excluding hydrogens is 142 g/mol. The number of nitrogens with one attached hydrogen (secondary N) is 1. The maximum atomic E-state index is 10.0. The maximum Gasteiger partial charge on any atom is 0.426 e. The summed E-state index contributed by atoms with van der Waals surface area (Å²) in [6.07, 6.45) is 5.23. The summed E-state index contributed by atoms with van der Waals surface area (Å²) in [7, 11) is 0. The molecular formula is C8H14NO2. The molecule has 0 aromatic rings. The van der Waals surface area contributed by atoms with Crippen LogP contribution in [0.3, 0.4) is 0 Å². The lowest BCUT2D eigenvalue weighted by Crippen LogP contribution is -2.12. The highest BCUT2D eigenvalue weighted by Crippen LogP contribution is 2.30. The van der Waals surface area contributed by atoms with Crippen LogP contribution in [0.5, 0.6) is 0 Å². The smallest absolute Gasteiger partial charge is 0.426 e. The van der Waals surface area contributed by atoms with Crippen LogP contribution in [0.15, 0.2) is 0 Å². The molecule has 0 unspecified atom stereocenters. The van der Waals surface area contributed by atoms with Gasteiger partial charge < -0.3 is 4.74 Å². The van der Waals surface area contributed by atoms with Crippen molar-refractivity contribution in [2.75, 3.05) is 6.61 Å². The van der Waals surface area contributed by atoms with E-state index in [9.17, 15) is 4.79 Å². The highest BCUT2D eigenvalue weighted by atomic mass is 16.5. The van der Waals surface area contributed by atoms with Gasteiger partial charge in [-0.05, 0) is 18.8 Å². The van der Waals surface area contributed by atoms with Gasteiger partial charge in [0.15, 0.2) is 0 Å². The quantitative estimate of drug-likeness (QED) is 0.584. The maximum absolute atomic E-state index is 10.0. The molecule has 1 aliphatic carbocycles. The molecule has 1 radical (unpaired) electrons. The predicted octanol–water partition coefficient (Wildman–Crippen LogP) is 1.99. The van der Waals surface area contributed by atoms with Gasteiger partial charge in [-0.25, -0.2) is 10.5 Å². The highest BCUT2D eigenvalue weighted by Gasteiger charge is 2.16. The Morgan fingerprint density at radius 3 is 2.73 bits per heavy atom. The number of rotatable bonds is 4. The Balaban J connectivity index is 1.83. The van der Waals surface area contributed by atoms with Gasteiger partial charge >= 0.3 is 6.09 Å².